The van der Waals surface area contributed by atoms with Crippen molar-refractivity contribution in [3.63, 3.8) is 0 Å². The quantitative estimate of drug-likeness (QED) is 0.831. The molecule has 1 N–H and O–H groups in total. The highest BCUT2D eigenvalue weighted by atomic mass is 32.2. The minimum Gasteiger partial charge on any atom is -0.310 e. The summed E-state index contributed by atoms with van der Waals surface area (Å²) in [5.41, 5.74) is 1.20. The number of halogens is 1. The number of benzene rings is 1. The fourth-order valence-corrected chi connectivity index (χ4v) is 3.94. The molecule has 1 saturated carbocycles. The normalized spacial score (nSPS) is 18.1. The van der Waals surface area contributed by atoms with Crippen LogP contribution < -0.4 is 5.32 Å². The van der Waals surface area contributed by atoms with Gasteiger partial charge in [-0.2, -0.15) is 11.8 Å². The van der Waals surface area contributed by atoms with Gasteiger partial charge < -0.3 is 5.32 Å². The summed E-state index contributed by atoms with van der Waals surface area (Å²) in [6.45, 7) is 3.07. The molecule has 0 aromatic heterocycles. The Bertz CT molecular complexity index is 346. The molecule has 1 aliphatic carbocycles. The Balaban J connectivity index is 1.91. The van der Waals surface area contributed by atoms with Crippen LogP contribution in [0.3, 0.4) is 0 Å². The third-order valence-electron chi connectivity index (χ3n) is 3.52. The molecule has 1 fully saturated rings. The Morgan fingerprint density at radius 2 is 1.94 bits per heavy atom. The average Bonchev–Trinajstić information content (AvgIpc) is 2.89. The van der Waals surface area contributed by atoms with Crippen LogP contribution in [0, 0.1) is 5.82 Å². The maximum Gasteiger partial charge on any atom is 0.123 e. The fraction of sp³-hybridized carbons (Fsp3) is 0.600. The zero-order valence-electron chi connectivity index (χ0n) is 11.0. The van der Waals surface area contributed by atoms with Gasteiger partial charge in [0.25, 0.3) is 0 Å². The summed E-state index contributed by atoms with van der Waals surface area (Å²) >= 11 is 2.07. The van der Waals surface area contributed by atoms with Crippen LogP contribution in [-0.2, 0) is 0 Å². The number of nitrogens with one attached hydrogen (secondary N) is 1. The van der Waals surface area contributed by atoms with E-state index in [0.717, 1.165) is 17.5 Å². The molecule has 1 nitrogen and oxygen atoms in total. The second-order valence-corrected chi connectivity index (χ2v) is 6.23. The fourth-order valence-electron chi connectivity index (χ4n) is 2.50. The Labute approximate surface area is 114 Å². The molecule has 1 unspecified atom stereocenters. The predicted molar refractivity (Wildman–Crippen MR) is 77.5 cm³/mol. The third kappa shape index (κ3) is 3.99. The molecule has 2 rings (SSSR count). The third-order valence-corrected chi connectivity index (χ3v) is 4.99. The number of hydrogen-bond acceptors (Lipinski definition) is 2. The maximum absolute atomic E-state index is 12.9. The molecule has 1 aromatic carbocycles. The second kappa shape index (κ2) is 7.15. The van der Waals surface area contributed by atoms with Gasteiger partial charge in [-0.05, 0) is 37.1 Å². The highest BCUT2D eigenvalue weighted by Crippen LogP contribution is 2.32. The molecule has 1 aromatic rings. The second-order valence-electron chi connectivity index (χ2n) is 4.90. The van der Waals surface area contributed by atoms with Crippen molar-refractivity contribution in [2.45, 2.75) is 43.9 Å². The Kier molecular flexibility index (Phi) is 5.51. The molecule has 0 spiro atoms. The molecule has 0 aliphatic heterocycles. The van der Waals surface area contributed by atoms with Crippen molar-refractivity contribution in [2.75, 3.05) is 12.3 Å². The SMILES string of the molecule is CCNC(CSC1CCCC1)c1ccc(F)cc1. The highest BCUT2D eigenvalue weighted by molar-refractivity contribution is 7.99. The van der Waals surface area contributed by atoms with Gasteiger partial charge in [-0.1, -0.05) is 31.9 Å². The smallest absolute Gasteiger partial charge is 0.123 e. The zero-order valence-corrected chi connectivity index (χ0v) is 11.8. The van der Waals surface area contributed by atoms with Crippen LogP contribution in [0.15, 0.2) is 24.3 Å². The molecule has 1 atom stereocenters. The van der Waals surface area contributed by atoms with Crippen molar-refractivity contribution >= 4 is 11.8 Å². The van der Waals surface area contributed by atoms with Crippen LogP contribution in [0.4, 0.5) is 4.39 Å². The van der Waals surface area contributed by atoms with E-state index in [0.29, 0.717) is 6.04 Å². The van der Waals surface area contributed by atoms with E-state index in [1.165, 1.54) is 31.2 Å². The van der Waals surface area contributed by atoms with Gasteiger partial charge in [-0.15, -0.1) is 0 Å². The lowest BCUT2D eigenvalue weighted by Gasteiger charge is -2.20. The first-order valence-corrected chi connectivity index (χ1v) is 7.95. The van der Waals surface area contributed by atoms with Gasteiger partial charge in [-0.3, -0.25) is 0 Å². The van der Waals surface area contributed by atoms with E-state index in [4.69, 9.17) is 0 Å². The minimum absolute atomic E-state index is 0.155. The summed E-state index contributed by atoms with van der Waals surface area (Å²) in [7, 11) is 0. The summed E-state index contributed by atoms with van der Waals surface area (Å²) in [6, 6.07) is 7.26. The van der Waals surface area contributed by atoms with Gasteiger partial charge in [0.15, 0.2) is 0 Å². The van der Waals surface area contributed by atoms with Crippen LogP contribution >= 0.6 is 11.8 Å². The van der Waals surface area contributed by atoms with E-state index in [1.807, 2.05) is 12.1 Å². The Morgan fingerprint density at radius 3 is 2.56 bits per heavy atom. The Morgan fingerprint density at radius 1 is 1.28 bits per heavy atom. The van der Waals surface area contributed by atoms with Crippen molar-refractivity contribution in [3.05, 3.63) is 35.6 Å². The van der Waals surface area contributed by atoms with E-state index < -0.39 is 0 Å². The Hall–Kier alpha value is -0.540. The van der Waals surface area contributed by atoms with Crippen LogP contribution in [0.2, 0.25) is 0 Å². The summed E-state index contributed by atoms with van der Waals surface area (Å²) in [5.74, 6) is 0.932. The number of hydrogen-bond donors (Lipinski definition) is 1. The van der Waals surface area contributed by atoms with Crippen LogP contribution in [-0.4, -0.2) is 17.5 Å². The van der Waals surface area contributed by atoms with E-state index in [9.17, 15) is 4.39 Å². The standard InChI is InChI=1S/C15H22FNS/c1-2-17-15(11-18-14-5-3-4-6-14)12-7-9-13(16)10-8-12/h7-10,14-15,17H,2-6,11H2,1H3. The predicted octanol–water partition coefficient (Wildman–Crippen LogP) is 4.15. The molecule has 100 valence electrons. The van der Waals surface area contributed by atoms with Crippen molar-refractivity contribution in [3.8, 4) is 0 Å². The summed E-state index contributed by atoms with van der Waals surface area (Å²) in [5, 5.41) is 4.34. The summed E-state index contributed by atoms with van der Waals surface area (Å²) in [6.07, 6.45) is 5.51. The van der Waals surface area contributed by atoms with E-state index in [2.05, 4.69) is 24.0 Å². The molecular formula is C15H22FNS. The van der Waals surface area contributed by atoms with Crippen LogP contribution in [0.25, 0.3) is 0 Å². The minimum atomic E-state index is -0.155. The molecule has 0 amide bonds. The van der Waals surface area contributed by atoms with Crippen molar-refractivity contribution in [1.29, 1.82) is 0 Å². The van der Waals surface area contributed by atoms with Gasteiger partial charge >= 0.3 is 0 Å². The maximum atomic E-state index is 12.9. The van der Waals surface area contributed by atoms with Crippen molar-refractivity contribution in [2.24, 2.45) is 0 Å². The lowest BCUT2D eigenvalue weighted by Crippen LogP contribution is -2.23. The molecule has 0 radical (unpaired) electrons. The van der Waals surface area contributed by atoms with Gasteiger partial charge in [0, 0.05) is 17.0 Å². The van der Waals surface area contributed by atoms with E-state index in [-0.39, 0.29) is 5.82 Å². The van der Waals surface area contributed by atoms with Crippen molar-refractivity contribution in [1.82, 2.24) is 5.32 Å². The van der Waals surface area contributed by atoms with Crippen molar-refractivity contribution < 1.29 is 4.39 Å². The first-order valence-electron chi connectivity index (χ1n) is 6.90. The molecule has 1 aliphatic rings. The molecule has 0 saturated heterocycles. The van der Waals surface area contributed by atoms with Gasteiger partial charge in [0.1, 0.15) is 5.82 Å². The molecular weight excluding hydrogens is 245 g/mol. The van der Waals surface area contributed by atoms with Gasteiger partial charge in [-0.25, -0.2) is 4.39 Å². The highest BCUT2D eigenvalue weighted by Gasteiger charge is 2.18. The van der Waals surface area contributed by atoms with E-state index in [1.54, 1.807) is 12.1 Å². The molecule has 3 heteroatoms. The monoisotopic (exact) mass is 267 g/mol. The van der Waals surface area contributed by atoms with Gasteiger partial charge in [0.05, 0.1) is 0 Å². The first-order chi connectivity index (χ1) is 8.79. The topological polar surface area (TPSA) is 12.0 Å². The summed E-state index contributed by atoms with van der Waals surface area (Å²) < 4.78 is 12.9. The van der Waals surface area contributed by atoms with E-state index >= 15 is 0 Å². The summed E-state index contributed by atoms with van der Waals surface area (Å²) in [4.78, 5) is 0. The van der Waals surface area contributed by atoms with Gasteiger partial charge in [0.2, 0.25) is 0 Å². The molecule has 18 heavy (non-hydrogen) atoms. The van der Waals surface area contributed by atoms with Crippen LogP contribution in [0.5, 0.6) is 0 Å². The average molecular weight is 267 g/mol. The zero-order chi connectivity index (χ0) is 12.8. The van der Waals surface area contributed by atoms with Crippen LogP contribution in [0.1, 0.15) is 44.2 Å². The first kappa shape index (κ1) is 13.9. The molecule has 0 bridgehead atoms. The largest absolute Gasteiger partial charge is 0.310 e. The lowest BCUT2D eigenvalue weighted by atomic mass is 10.1. The lowest BCUT2D eigenvalue weighted by molar-refractivity contribution is 0.597. The molecule has 0 heterocycles. The number of rotatable bonds is 6. The number of thioether (sulfide) groups is 1.